The van der Waals surface area contributed by atoms with Gasteiger partial charge in [0.1, 0.15) is 0 Å². The van der Waals surface area contributed by atoms with E-state index >= 15 is 0 Å². The molecule has 8 heteroatoms. The van der Waals surface area contributed by atoms with Gasteiger partial charge in [-0.1, -0.05) is 213 Å². The SMILES string of the molecule is Cc1cc(N2c3ccc(-c4ccc5c6c(-c7ccccc7)c7c8ccc(-c9ccc%10c(c9)C9(C)CCCCC9(C)N%10c9ccnc(C)c9)c9c(-c%10ccc%11c(c%10)C%10(C)CCCCC%10(C)N%11c%10ccnc(C)c%10)ccc(c7c(-c7ccccc7)c6c6ccc(-c7ccc%10c(c7)C7(C)CCCCC7(C)N%10c7ccnc(C)c7)c4c56)c98)cc3C3(C)CCCCC23C)ccn1. The minimum Gasteiger partial charge on any atom is -0.334 e. The third-order valence-electron chi connectivity index (χ3n) is 35.2. The molecule has 17 aromatic rings. The molecule has 4 aliphatic carbocycles. The van der Waals surface area contributed by atoms with Crippen molar-refractivity contribution >= 4 is 110 Å². The molecule has 0 bridgehead atoms. The summed E-state index contributed by atoms with van der Waals surface area (Å²) in [4.78, 5) is 29.9. The lowest BCUT2D eigenvalue weighted by Crippen LogP contribution is -2.54. The molecule has 0 amide bonds. The van der Waals surface area contributed by atoms with Crippen molar-refractivity contribution in [2.24, 2.45) is 0 Å². The number of aryl methyl sites for hydroxylation is 4. The summed E-state index contributed by atoms with van der Waals surface area (Å²) < 4.78 is 0. The van der Waals surface area contributed by atoms with E-state index in [4.69, 9.17) is 19.9 Å². The number of benzene rings is 11. The van der Waals surface area contributed by atoms with E-state index in [0.29, 0.717) is 0 Å². The fraction of sp³-hybridized carbons (Fsp3) is 0.305. The average molecular weight is 1640 g/mol. The molecule has 8 aliphatic rings. The molecule has 0 N–H and O–H groups in total. The van der Waals surface area contributed by atoms with Crippen molar-refractivity contribution in [3.8, 4) is 66.8 Å². The molecule has 4 fully saturated rings. The van der Waals surface area contributed by atoms with Crippen LogP contribution in [0.2, 0.25) is 0 Å². The lowest BCUT2D eigenvalue weighted by atomic mass is 9.61. The van der Waals surface area contributed by atoms with E-state index in [1.165, 1.54) is 251 Å². The first-order valence-electron chi connectivity index (χ1n) is 47.2. The average Bonchev–Trinajstić information content (AvgIpc) is 1.50. The molecule has 8 unspecified atom stereocenters. The Kier molecular flexibility index (Phi) is 16.1. The van der Waals surface area contributed by atoms with Gasteiger partial charge in [-0.2, -0.15) is 0 Å². The van der Waals surface area contributed by atoms with Crippen molar-refractivity contribution in [2.45, 2.75) is 230 Å². The zero-order valence-electron chi connectivity index (χ0n) is 75.1. The summed E-state index contributed by atoms with van der Waals surface area (Å²) in [5, 5.41) is 15.7. The van der Waals surface area contributed by atoms with Gasteiger partial charge in [-0.15, -0.1) is 0 Å². The van der Waals surface area contributed by atoms with Crippen LogP contribution in [0.4, 0.5) is 45.5 Å². The first kappa shape index (κ1) is 76.2. The summed E-state index contributed by atoms with van der Waals surface area (Å²) in [5.74, 6) is 0. The molecule has 0 spiro atoms. The second-order valence-electron chi connectivity index (χ2n) is 41.3. The Balaban J connectivity index is 0.793. The summed E-state index contributed by atoms with van der Waals surface area (Å²) in [7, 11) is 0. The second kappa shape index (κ2) is 26.7. The Hall–Kier alpha value is -12.3. The minimum atomic E-state index is -0.138. The highest BCUT2D eigenvalue weighted by molar-refractivity contribution is 6.48. The van der Waals surface area contributed by atoms with Crippen molar-refractivity contribution < 1.29 is 0 Å². The molecule has 622 valence electrons. The third-order valence-corrected chi connectivity index (χ3v) is 35.2. The predicted molar refractivity (Wildman–Crippen MR) is 528 cm³/mol. The van der Waals surface area contributed by atoms with Gasteiger partial charge in [-0.05, 0) is 357 Å². The van der Waals surface area contributed by atoms with Crippen molar-refractivity contribution in [1.82, 2.24) is 19.9 Å². The van der Waals surface area contributed by atoms with Crippen LogP contribution < -0.4 is 19.6 Å². The van der Waals surface area contributed by atoms with E-state index < -0.39 is 0 Å². The van der Waals surface area contributed by atoms with Gasteiger partial charge in [0.05, 0.1) is 22.2 Å². The number of rotatable bonds is 10. The van der Waals surface area contributed by atoms with Gasteiger partial charge in [0.25, 0.3) is 0 Å². The van der Waals surface area contributed by atoms with Crippen LogP contribution in [0, 0.1) is 27.7 Å². The first-order chi connectivity index (χ1) is 61.1. The predicted octanol–water partition coefficient (Wildman–Crippen LogP) is 31.3. The Morgan fingerprint density at radius 3 is 0.698 bits per heavy atom. The molecule has 4 saturated carbocycles. The van der Waals surface area contributed by atoms with E-state index in [1.807, 2.05) is 24.8 Å². The molecular weight excluding hydrogens is 1530 g/mol. The third kappa shape index (κ3) is 9.92. The molecule has 13 aromatic carbocycles. The lowest BCUT2D eigenvalue weighted by Gasteiger charge is -2.50. The van der Waals surface area contributed by atoms with Crippen molar-refractivity contribution in [1.29, 1.82) is 0 Å². The van der Waals surface area contributed by atoms with Crippen LogP contribution >= 0.6 is 0 Å². The largest absolute Gasteiger partial charge is 0.334 e. The minimum absolute atomic E-state index is 0.114. The quantitative estimate of drug-likeness (QED) is 0.134. The van der Waals surface area contributed by atoms with Crippen molar-refractivity contribution in [2.75, 3.05) is 19.6 Å². The molecular formula is C118H110N8. The molecule has 0 radical (unpaired) electrons. The van der Waals surface area contributed by atoms with Crippen LogP contribution in [0.1, 0.15) is 203 Å². The topological polar surface area (TPSA) is 64.5 Å². The molecule has 0 saturated heterocycles. The number of anilines is 8. The molecule has 8 heterocycles. The molecule has 126 heavy (non-hydrogen) atoms. The normalized spacial score (nSPS) is 25.3. The van der Waals surface area contributed by atoms with Crippen LogP contribution in [0.25, 0.3) is 131 Å². The lowest BCUT2D eigenvalue weighted by molar-refractivity contribution is 0.195. The Morgan fingerprint density at radius 2 is 0.460 bits per heavy atom. The number of aromatic nitrogens is 4. The highest BCUT2D eigenvalue weighted by Crippen LogP contribution is 2.69. The van der Waals surface area contributed by atoms with Crippen LogP contribution in [0.5, 0.6) is 0 Å². The van der Waals surface area contributed by atoms with Crippen LogP contribution in [-0.4, -0.2) is 42.1 Å². The summed E-state index contributed by atoms with van der Waals surface area (Å²) in [6.07, 6.45) is 26.7. The fourth-order valence-corrected chi connectivity index (χ4v) is 28.3. The highest BCUT2D eigenvalue weighted by Gasteiger charge is 2.62. The van der Waals surface area contributed by atoms with Crippen LogP contribution in [0.15, 0.2) is 255 Å². The van der Waals surface area contributed by atoms with Gasteiger partial charge >= 0.3 is 0 Å². The summed E-state index contributed by atoms with van der Waals surface area (Å²) in [6.45, 7) is 29.2. The highest BCUT2D eigenvalue weighted by atomic mass is 15.3. The maximum atomic E-state index is 4.76. The van der Waals surface area contributed by atoms with Gasteiger partial charge in [0.2, 0.25) is 0 Å². The van der Waals surface area contributed by atoms with E-state index in [1.54, 1.807) is 0 Å². The van der Waals surface area contributed by atoms with Crippen molar-refractivity contribution in [3.63, 3.8) is 0 Å². The standard InChI is InChI=1S/C118H110N8/c1-71-63-81(47-59-119-71)123-97-43-31-77(67-93(97)111(5)51-19-23-55-115(111,123)9)85-35-39-89-105-90(40-36-86(103(85)105)78-32-44-98-94(68-78)112(6)52-20-24-56-116(112,10)124(98)82-48-60-120-72(2)64-82)108-102(76-29-17-14-18-30-76)110-92-42-38-88(80-34-46-100-96(70-80)114(8)54-22-26-58-118(114,12)126(100)84-50-62-122-74(4)66-84)104-87(37-41-91(106(92)104)109(110)101(107(89)108)75-27-15-13-16-28-75)79-33-45-99-95(69-79)113(7)53-21-25-57-117(113,11)125(99)83-49-61-121-73(3)65-83/h13-18,27-50,59-70H,19-26,51-58H2,1-12H3. The first-order valence-corrected chi connectivity index (χ1v) is 47.2. The molecule has 4 aromatic heterocycles. The van der Waals surface area contributed by atoms with Gasteiger partial charge in [-0.3, -0.25) is 19.9 Å². The van der Waals surface area contributed by atoms with E-state index in [-0.39, 0.29) is 43.8 Å². The number of hydrogen-bond acceptors (Lipinski definition) is 8. The van der Waals surface area contributed by atoms with Gasteiger partial charge < -0.3 is 19.6 Å². The van der Waals surface area contributed by atoms with E-state index in [9.17, 15) is 0 Å². The van der Waals surface area contributed by atoms with Crippen LogP contribution in [-0.2, 0) is 21.7 Å². The van der Waals surface area contributed by atoms with Gasteiger partial charge in [0, 0.05) is 115 Å². The molecule has 8 atom stereocenters. The molecule has 25 rings (SSSR count). The number of nitrogens with zero attached hydrogens (tertiary/aromatic N) is 8. The maximum absolute atomic E-state index is 4.76. The number of pyridine rings is 4. The zero-order chi connectivity index (χ0) is 85.2. The molecule has 8 nitrogen and oxygen atoms in total. The van der Waals surface area contributed by atoms with Crippen molar-refractivity contribution in [3.05, 3.63) is 300 Å². The van der Waals surface area contributed by atoms with Crippen LogP contribution in [0.3, 0.4) is 0 Å². The zero-order valence-corrected chi connectivity index (χ0v) is 75.1. The Morgan fingerprint density at radius 1 is 0.222 bits per heavy atom. The Labute approximate surface area is 741 Å². The number of hydrogen-bond donors (Lipinski definition) is 0. The second-order valence-corrected chi connectivity index (χ2v) is 41.3. The van der Waals surface area contributed by atoms with E-state index in [0.717, 1.165) is 74.1 Å². The maximum Gasteiger partial charge on any atom is 0.0517 e. The Bertz CT molecular complexity index is 6660. The van der Waals surface area contributed by atoms with Gasteiger partial charge in [0.15, 0.2) is 0 Å². The van der Waals surface area contributed by atoms with Gasteiger partial charge in [-0.25, -0.2) is 0 Å². The summed E-state index contributed by atoms with van der Waals surface area (Å²) >= 11 is 0. The smallest absolute Gasteiger partial charge is 0.0517 e. The number of fused-ring (bicyclic) bond motifs is 18. The molecule has 4 aliphatic heterocycles. The summed E-state index contributed by atoms with van der Waals surface area (Å²) in [6, 6.07) is 92.7. The fourth-order valence-electron chi connectivity index (χ4n) is 28.3. The monoisotopic (exact) mass is 1640 g/mol. The summed E-state index contributed by atoms with van der Waals surface area (Å²) in [5.41, 5.74) is 34.4. The van der Waals surface area contributed by atoms with E-state index in [2.05, 4.69) is 333 Å².